The third-order valence-electron chi connectivity index (χ3n) is 4.97. The van der Waals surface area contributed by atoms with E-state index in [-0.39, 0.29) is 11.8 Å². The molecule has 0 aromatic rings. The van der Waals surface area contributed by atoms with Crippen LogP contribution in [0, 0.1) is 0 Å². The zero-order chi connectivity index (χ0) is 22.8. The van der Waals surface area contributed by atoms with E-state index in [0.29, 0.717) is 32.5 Å². The van der Waals surface area contributed by atoms with Crippen LogP contribution in [-0.4, -0.2) is 55.5 Å². The van der Waals surface area contributed by atoms with Crippen LogP contribution in [0.2, 0.25) is 0 Å². The van der Waals surface area contributed by atoms with Crippen molar-refractivity contribution in [1.82, 2.24) is 16.0 Å². The molecule has 176 valence electrons. The SMILES string of the molecule is CCCCCCNC(=O)[C@H](CCCCN)NC(=O)[C@H](C)NC(=O)[C@@H](N)CCCCN. The van der Waals surface area contributed by atoms with Gasteiger partial charge in [0.25, 0.3) is 0 Å². The molecule has 0 unspecified atom stereocenters. The highest BCUT2D eigenvalue weighted by molar-refractivity contribution is 5.92. The minimum absolute atomic E-state index is 0.200. The predicted molar refractivity (Wildman–Crippen MR) is 120 cm³/mol. The Balaban J connectivity index is 4.61. The average Bonchev–Trinajstić information content (AvgIpc) is 2.72. The Kier molecular flexibility index (Phi) is 17.1. The van der Waals surface area contributed by atoms with E-state index >= 15 is 0 Å². The fourth-order valence-electron chi connectivity index (χ4n) is 2.97. The van der Waals surface area contributed by atoms with Crippen LogP contribution in [0.3, 0.4) is 0 Å². The average molecular weight is 429 g/mol. The van der Waals surface area contributed by atoms with Gasteiger partial charge in [0.1, 0.15) is 12.1 Å². The van der Waals surface area contributed by atoms with Gasteiger partial charge in [-0.2, -0.15) is 0 Å². The molecule has 0 aliphatic carbocycles. The van der Waals surface area contributed by atoms with Crippen LogP contribution in [-0.2, 0) is 14.4 Å². The van der Waals surface area contributed by atoms with Crippen LogP contribution < -0.4 is 33.2 Å². The summed E-state index contributed by atoms with van der Waals surface area (Å²) in [7, 11) is 0. The molecule has 0 spiro atoms. The Morgan fingerprint density at radius 1 is 0.767 bits per heavy atom. The molecule has 9 heteroatoms. The molecule has 0 aromatic heterocycles. The van der Waals surface area contributed by atoms with E-state index in [0.717, 1.165) is 51.4 Å². The predicted octanol–water partition coefficient (Wildman–Crippen LogP) is 0.258. The quantitative estimate of drug-likeness (QED) is 0.171. The maximum absolute atomic E-state index is 12.5. The van der Waals surface area contributed by atoms with E-state index < -0.39 is 24.0 Å². The van der Waals surface area contributed by atoms with Crippen molar-refractivity contribution >= 4 is 17.7 Å². The van der Waals surface area contributed by atoms with Crippen LogP contribution in [0.5, 0.6) is 0 Å². The molecule has 0 saturated heterocycles. The molecule has 30 heavy (non-hydrogen) atoms. The van der Waals surface area contributed by atoms with Gasteiger partial charge in [0.05, 0.1) is 6.04 Å². The van der Waals surface area contributed by atoms with Crippen LogP contribution in [0.25, 0.3) is 0 Å². The molecule has 3 amide bonds. The van der Waals surface area contributed by atoms with Gasteiger partial charge < -0.3 is 33.2 Å². The molecule has 3 atom stereocenters. The van der Waals surface area contributed by atoms with Gasteiger partial charge in [0.15, 0.2) is 0 Å². The lowest BCUT2D eigenvalue weighted by Crippen LogP contribution is -2.54. The molecule has 0 heterocycles. The number of carbonyl (C=O) groups is 3. The summed E-state index contributed by atoms with van der Waals surface area (Å²) in [5.41, 5.74) is 16.8. The molecule has 0 aromatic carbocycles. The van der Waals surface area contributed by atoms with Crippen LogP contribution >= 0.6 is 0 Å². The van der Waals surface area contributed by atoms with E-state index in [1.54, 1.807) is 6.92 Å². The highest BCUT2D eigenvalue weighted by Crippen LogP contribution is 2.04. The summed E-state index contributed by atoms with van der Waals surface area (Å²) >= 11 is 0. The highest BCUT2D eigenvalue weighted by atomic mass is 16.2. The Morgan fingerprint density at radius 2 is 1.40 bits per heavy atom. The molecule has 0 bridgehead atoms. The number of amides is 3. The Bertz CT molecular complexity index is 489. The van der Waals surface area contributed by atoms with Gasteiger partial charge >= 0.3 is 0 Å². The van der Waals surface area contributed by atoms with E-state index in [2.05, 4.69) is 22.9 Å². The van der Waals surface area contributed by atoms with E-state index in [1.807, 2.05) is 0 Å². The highest BCUT2D eigenvalue weighted by Gasteiger charge is 2.25. The summed E-state index contributed by atoms with van der Waals surface area (Å²) in [4.78, 5) is 37.2. The molecular formula is C21H44N6O3. The first-order chi connectivity index (χ1) is 14.4. The van der Waals surface area contributed by atoms with Crippen molar-refractivity contribution in [3.05, 3.63) is 0 Å². The third-order valence-corrected chi connectivity index (χ3v) is 4.97. The first kappa shape index (κ1) is 28.3. The first-order valence-electron chi connectivity index (χ1n) is 11.4. The summed E-state index contributed by atoms with van der Waals surface area (Å²) in [6, 6.07) is -2.11. The summed E-state index contributed by atoms with van der Waals surface area (Å²) in [5, 5.41) is 8.28. The van der Waals surface area contributed by atoms with Crippen molar-refractivity contribution in [1.29, 1.82) is 0 Å². The van der Waals surface area contributed by atoms with Gasteiger partial charge in [-0.3, -0.25) is 14.4 Å². The number of carbonyl (C=O) groups excluding carboxylic acids is 3. The monoisotopic (exact) mass is 428 g/mol. The number of nitrogens with one attached hydrogen (secondary N) is 3. The summed E-state index contributed by atoms with van der Waals surface area (Å²) < 4.78 is 0. The lowest BCUT2D eigenvalue weighted by atomic mass is 10.1. The zero-order valence-corrected chi connectivity index (χ0v) is 18.9. The number of unbranched alkanes of at least 4 members (excludes halogenated alkanes) is 5. The van der Waals surface area contributed by atoms with Gasteiger partial charge in [0, 0.05) is 6.54 Å². The summed E-state index contributed by atoms with van der Waals surface area (Å²) in [5.74, 6) is -0.986. The molecule has 0 aliphatic rings. The smallest absolute Gasteiger partial charge is 0.242 e. The number of nitrogens with two attached hydrogens (primary N) is 3. The van der Waals surface area contributed by atoms with Gasteiger partial charge in [-0.25, -0.2) is 0 Å². The van der Waals surface area contributed by atoms with Gasteiger partial charge in [-0.15, -0.1) is 0 Å². The minimum atomic E-state index is -0.785. The van der Waals surface area contributed by atoms with Crippen molar-refractivity contribution in [2.24, 2.45) is 17.2 Å². The fraction of sp³-hybridized carbons (Fsp3) is 0.857. The normalized spacial score (nSPS) is 13.9. The zero-order valence-electron chi connectivity index (χ0n) is 18.9. The Labute approximate surface area is 181 Å². The van der Waals surface area contributed by atoms with Crippen LogP contribution in [0.4, 0.5) is 0 Å². The number of rotatable bonds is 18. The molecule has 0 saturated carbocycles. The molecule has 9 N–H and O–H groups in total. The molecule has 9 nitrogen and oxygen atoms in total. The van der Waals surface area contributed by atoms with Crippen molar-refractivity contribution < 1.29 is 14.4 Å². The lowest BCUT2D eigenvalue weighted by Gasteiger charge is -2.22. The largest absolute Gasteiger partial charge is 0.354 e. The first-order valence-corrected chi connectivity index (χ1v) is 11.4. The van der Waals surface area contributed by atoms with Crippen LogP contribution in [0.15, 0.2) is 0 Å². The summed E-state index contributed by atoms with van der Waals surface area (Å²) in [6.45, 7) is 5.40. The minimum Gasteiger partial charge on any atom is -0.354 e. The molecule has 0 radical (unpaired) electrons. The molecular weight excluding hydrogens is 384 g/mol. The Hall–Kier alpha value is -1.71. The van der Waals surface area contributed by atoms with E-state index in [9.17, 15) is 14.4 Å². The van der Waals surface area contributed by atoms with Crippen molar-refractivity contribution in [3.8, 4) is 0 Å². The van der Waals surface area contributed by atoms with Crippen molar-refractivity contribution in [2.45, 2.75) is 96.2 Å². The second kappa shape index (κ2) is 18.1. The molecule has 0 aliphatic heterocycles. The van der Waals surface area contributed by atoms with E-state index in [1.165, 1.54) is 0 Å². The maximum atomic E-state index is 12.5. The van der Waals surface area contributed by atoms with Gasteiger partial charge in [-0.1, -0.05) is 32.6 Å². The number of hydrogen-bond acceptors (Lipinski definition) is 6. The van der Waals surface area contributed by atoms with Crippen molar-refractivity contribution in [2.75, 3.05) is 19.6 Å². The fourth-order valence-corrected chi connectivity index (χ4v) is 2.97. The van der Waals surface area contributed by atoms with Crippen LogP contribution in [0.1, 0.15) is 78.1 Å². The third kappa shape index (κ3) is 13.5. The van der Waals surface area contributed by atoms with Gasteiger partial charge in [-0.05, 0) is 58.5 Å². The van der Waals surface area contributed by atoms with Crippen molar-refractivity contribution in [3.63, 3.8) is 0 Å². The van der Waals surface area contributed by atoms with E-state index in [4.69, 9.17) is 17.2 Å². The topological polar surface area (TPSA) is 165 Å². The molecule has 0 rings (SSSR count). The summed E-state index contributed by atoms with van der Waals surface area (Å²) in [6.07, 6.45) is 8.33. The Morgan fingerprint density at radius 3 is 2.00 bits per heavy atom. The molecule has 0 fully saturated rings. The van der Waals surface area contributed by atoms with Gasteiger partial charge in [0.2, 0.25) is 17.7 Å². The number of hydrogen-bond donors (Lipinski definition) is 6. The second-order valence-electron chi connectivity index (χ2n) is 7.82. The standard InChI is InChI=1S/C21H44N6O3/c1-3-4-5-10-15-25-21(30)18(12-7-9-14-23)27-19(28)16(2)26-20(29)17(24)11-6-8-13-22/h16-18H,3-15,22-24H2,1-2H3,(H,25,30)(H,26,29)(H,27,28)/t16-,17-,18-/m0/s1. The lowest BCUT2D eigenvalue weighted by molar-refractivity contribution is -0.132. The maximum Gasteiger partial charge on any atom is 0.242 e. The second-order valence-corrected chi connectivity index (χ2v) is 7.82.